The van der Waals surface area contributed by atoms with Crippen LogP contribution in [0, 0.1) is 6.92 Å². The lowest BCUT2D eigenvalue weighted by Gasteiger charge is -2.11. The van der Waals surface area contributed by atoms with Crippen LogP contribution in [0.1, 0.15) is 5.56 Å². The summed E-state index contributed by atoms with van der Waals surface area (Å²) in [6.07, 6.45) is 10.3. The van der Waals surface area contributed by atoms with E-state index < -0.39 is 0 Å². The van der Waals surface area contributed by atoms with Crippen molar-refractivity contribution in [3.8, 4) is 39.0 Å². The van der Waals surface area contributed by atoms with E-state index >= 15 is 0 Å². The van der Waals surface area contributed by atoms with E-state index in [-0.39, 0.29) is 0 Å². The van der Waals surface area contributed by atoms with Crippen LogP contribution in [-0.2, 0) is 0 Å². The molecule has 8 nitrogen and oxygen atoms in total. The molecule has 0 aliphatic heterocycles. The summed E-state index contributed by atoms with van der Waals surface area (Å²) in [6.45, 7) is 2.05. The summed E-state index contributed by atoms with van der Waals surface area (Å²) in [5.41, 5.74) is 7.17. The van der Waals surface area contributed by atoms with Crippen LogP contribution in [0.5, 0.6) is 0 Å². The van der Waals surface area contributed by atoms with Gasteiger partial charge in [0.15, 0.2) is 5.82 Å². The van der Waals surface area contributed by atoms with Gasteiger partial charge in [0.25, 0.3) is 0 Å². The van der Waals surface area contributed by atoms with Crippen molar-refractivity contribution in [3.63, 3.8) is 0 Å². The fourth-order valence-corrected chi connectivity index (χ4v) is 4.58. The predicted molar refractivity (Wildman–Crippen MR) is 126 cm³/mol. The highest BCUT2D eigenvalue weighted by molar-refractivity contribution is 7.13. The summed E-state index contributed by atoms with van der Waals surface area (Å²) < 4.78 is 3.14. The van der Waals surface area contributed by atoms with E-state index in [0.717, 1.165) is 37.5 Å². The highest BCUT2D eigenvalue weighted by Gasteiger charge is 2.23. The number of thiazole rings is 1. The molecule has 160 valence electrons. The highest BCUT2D eigenvalue weighted by atomic mass is 32.1. The smallest absolute Gasteiger partial charge is 0.188 e. The molecule has 5 aromatic heterocycles. The molecule has 6 aromatic rings. The average Bonchev–Trinajstić information content (AvgIpc) is 3.58. The van der Waals surface area contributed by atoms with Crippen molar-refractivity contribution in [3.05, 3.63) is 84.7 Å². The van der Waals surface area contributed by atoms with E-state index in [2.05, 4.69) is 43.6 Å². The lowest BCUT2D eigenvalue weighted by molar-refractivity contribution is 0.195. The minimum atomic E-state index is 0.412. The van der Waals surface area contributed by atoms with Gasteiger partial charge in [0.05, 0.1) is 16.6 Å². The summed E-state index contributed by atoms with van der Waals surface area (Å²) in [7, 11) is 0. The molecule has 0 atom stereocenters. The number of aryl methyl sites for hydroxylation is 1. The first kappa shape index (κ1) is 19.3. The Balaban J connectivity index is 1.52. The quantitative estimate of drug-likeness (QED) is 0.379. The summed E-state index contributed by atoms with van der Waals surface area (Å²) >= 11 is 1.41. The van der Waals surface area contributed by atoms with Crippen LogP contribution in [0.3, 0.4) is 0 Å². The standard InChI is InChI=1S/C24H17N7OS/c1-15-11-17(4-5-19(15)30-10-6-16-3-2-7-28-23(16)30)21-22(18-12-25-8-9-27-18)31(32)24(29-21)20-13-26-14-33-20/h2-14,32H,1H3. The van der Waals surface area contributed by atoms with Crippen molar-refractivity contribution in [2.45, 2.75) is 6.92 Å². The highest BCUT2D eigenvalue weighted by Crippen LogP contribution is 2.36. The average molecular weight is 452 g/mol. The summed E-state index contributed by atoms with van der Waals surface area (Å²) in [4.78, 5) is 22.8. The minimum absolute atomic E-state index is 0.412. The molecule has 0 radical (unpaired) electrons. The number of nitrogens with zero attached hydrogens (tertiary/aromatic N) is 7. The third kappa shape index (κ3) is 3.17. The van der Waals surface area contributed by atoms with Gasteiger partial charge in [0.1, 0.15) is 22.7 Å². The number of hydrogen-bond acceptors (Lipinski definition) is 7. The summed E-state index contributed by atoms with van der Waals surface area (Å²) in [5.74, 6) is 0.412. The van der Waals surface area contributed by atoms with Gasteiger partial charge in [-0.25, -0.2) is 9.97 Å². The van der Waals surface area contributed by atoms with Gasteiger partial charge in [0.2, 0.25) is 0 Å². The van der Waals surface area contributed by atoms with Gasteiger partial charge in [-0.15, -0.1) is 11.3 Å². The van der Waals surface area contributed by atoms with Crippen LogP contribution >= 0.6 is 11.3 Å². The van der Waals surface area contributed by atoms with E-state index in [1.807, 2.05) is 30.5 Å². The number of imidazole rings is 1. The summed E-state index contributed by atoms with van der Waals surface area (Å²) in [5, 5.41) is 12.1. The Morgan fingerprint density at radius 1 is 0.970 bits per heavy atom. The zero-order chi connectivity index (χ0) is 22.4. The molecular weight excluding hydrogens is 434 g/mol. The number of fused-ring (bicyclic) bond motifs is 1. The zero-order valence-electron chi connectivity index (χ0n) is 17.5. The second-order valence-corrected chi connectivity index (χ2v) is 8.39. The van der Waals surface area contributed by atoms with Gasteiger partial charge in [-0.05, 0) is 42.8 Å². The topological polar surface area (TPSA) is 94.5 Å². The fourth-order valence-electron chi connectivity index (χ4n) is 3.98. The molecular formula is C24H17N7OS. The number of benzene rings is 1. The number of aromatic nitrogens is 7. The van der Waals surface area contributed by atoms with E-state index in [9.17, 15) is 5.21 Å². The summed E-state index contributed by atoms with van der Waals surface area (Å²) in [6, 6.07) is 12.1. The molecule has 33 heavy (non-hydrogen) atoms. The Labute approximate surface area is 192 Å². The second-order valence-electron chi connectivity index (χ2n) is 7.50. The Kier molecular flexibility index (Phi) is 4.48. The molecule has 0 spiro atoms. The molecule has 9 heteroatoms. The number of hydrogen-bond donors (Lipinski definition) is 1. The molecule has 0 fully saturated rings. The van der Waals surface area contributed by atoms with Gasteiger partial charge >= 0.3 is 0 Å². The van der Waals surface area contributed by atoms with Crippen molar-refractivity contribution in [1.82, 2.24) is 34.2 Å². The molecule has 0 bridgehead atoms. The lowest BCUT2D eigenvalue weighted by Crippen LogP contribution is -1.99. The predicted octanol–water partition coefficient (Wildman–Crippen LogP) is 5.02. The Morgan fingerprint density at radius 3 is 2.70 bits per heavy atom. The largest absolute Gasteiger partial charge is 0.426 e. The number of rotatable bonds is 4. The zero-order valence-corrected chi connectivity index (χ0v) is 18.3. The van der Waals surface area contributed by atoms with Crippen LogP contribution < -0.4 is 0 Å². The Hall–Kier alpha value is -4.37. The Morgan fingerprint density at radius 2 is 1.91 bits per heavy atom. The monoisotopic (exact) mass is 451 g/mol. The normalized spacial score (nSPS) is 11.3. The maximum atomic E-state index is 11.0. The number of pyridine rings is 1. The molecule has 0 saturated heterocycles. The van der Waals surface area contributed by atoms with Crippen LogP contribution in [0.25, 0.3) is 50.1 Å². The van der Waals surface area contributed by atoms with E-state index in [1.165, 1.54) is 11.3 Å². The molecule has 1 N–H and O–H groups in total. The van der Waals surface area contributed by atoms with Crippen molar-refractivity contribution in [2.24, 2.45) is 0 Å². The van der Waals surface area contributed by atoms with Crippen LogP contribution in [0.4, 0.5) is 0 Å². The Bertz CT molecular complexity index is 1590. The van der Waals surface area contributed by atoms with Crippen molar-refractivity contribution < 1.29 is 5.21 Å². The minimum Gasteiger partial charge on any atom is -0.426 e. The second kappa shape index (κ2) is 7.64. The van der Waals surface area contributed by atoms with E-state index in [0.29, 0.717) is 22.9 Å². The maximum Gasteiger partial charge on any atom is 0.188 e. The SMILES string of the molecule is Cc1cc(-c2nc(-c3cncs3)n(O)c2-c2cnccn2)ccc1-n1ccc2cccnc21. The third-order valence-corrected chi connectivity index (χ3v) is 6.26. The van der Waals surface area contributed by atoms with E-state index in [1.54, 1.807) is 36.5 Å². The lowest BCUT2D eigenvalue weighted by atomic mass is 10.0. The van der Waals surface area contributed by atoms with Gasteiger partial charge < -0.3 is 9.77 Å². The third-order valence-electron chi connectivity index (χ3n) is 5.49. The van der Waals surface area contributed by atoms with E-state index in [4.69, 9.17) is 4.98 Å². The van der Waals surface area contributed by atoms with Gasteiger partial charge in [-0.1, -0.05) is 6.07 Å². The van der Waals surface area contributed by atoms with Crippen molar-refractivity contribution >= 4 is 22.4 Å². The van der Waals surface area contributed by atoms with Crippen molar-refractivity contribution in [2.75, 3.05) is 0 Å². The van der Waals surface area contributed by atoms with Gasteiger partial charge in [-0.2, -0.15) is 4.73 Å². The molecule has 0 saturated carbocycles. The first-order valence-electron chi connectivity index (χ1n) is 10.2. The molecule has 1 aromatic carbocycles. The molecule has 0 aliphatic rings. The molecule has 0 unspecified atom stereocenters. The van der Waals surface area contributed by atoms with Crippen LogP contribution in [0.15, 0.2) is 79.1 Å². The molecule has 0 amide bonds. The maximum absolute atomic E-state index is 11.0. The molecule has 0 aliphatic carbocycles. The van der Waals surface area contributed by atoms with Crippen molar-refractivity contribution in [1.29, 1.82) is 0 Å². The molecule has 5 heterocycles. The van der Waals surface area contributed by atoms with Gasteiger partial charge in [-0.3, -0.25) is 15.0 Å². The fraction of sp³-hybridized carbons (Fsp3) is 0.0417. The van der Waals surface area contributed by atoms with Crippen LogP contribution in [-0.4, -0.2) is 39.4 Å². The first-order chi connectivity index (χ1) is 16.2. The van der Waals surface area contributed by atoms with Gasteiger partial charge in [0, 0.05) is 47.6 Å². The van der Waals surface area contributed by atoms with Crippen LogP contribution in [0.2, 0.25) is 0 Å². The molecule has 6 rings (SSSR count). The first-order valence-corrected chi connectivity index (χ1v) is 11.1.